The number of hydrogen-bond acceptors (Lipinski definition) is 4. The van der Waals surface area contributed by atoms with Gasteiger partial charge in [0.05, 0.1) is 16.9 Å². The Balaban J connectivity index is 1.61. The number of aromatic nitrogens is 2. The number of likely N-dealkylation sites (tertiary alicyclic amines) is 1. The molecule has 6 nitrogen and oxygen atoms in total. The lowest BCUT2D eigenvalue weighted by Gasteiger charge is -2.15. The Morgan fingerprint density at radius 1 is 1.12 bits per heavy atom. The van der Waals surface area contributed by atoms with Crippen LogP contribution in [0.15, 0.2) is 30.3 Å². The van der Waals surface area contributed by atoms with E-state index in [-0.39, 0.29) is 12.5 Å². The number of amides is 1. The maximum Gasteiger partial charge on any atom is 0.338 e. The van der Waals surface area contributed by atoms with Crippen LogP contribution < -0.4 is 0 Å². The Bertz CT molecular complexity index is 743. The number of carbonyl (C=O) groups is 2. The summed E-state index contributed by atoms with van der Waals surface area (Å²) in [7, 11) is 0. The largest absolute Gasteiger partial charge is 0.452 e. The monoisotopic (exact) mass is 327 g/mol. The summed E-state index contributed by atoms with van der Waals surface area (Å²) in [5, 5.41) is 4.41. The van der Waals surface area contributed by atoms with Crippen LogP contribution in [-0.2, 0) is 9.53 Å². The van der Waals surface area contributed by atoms with Crippen LogP contribution in [0.4, 0.5) is 0 Å². The molecule has 1 amide bonds. The molecule has 0 aliphatic carbocycles. The van der Waals surface area contributed by atoms with Crippen molar-refractivity contribution in [2.75, 3.05) is 19.7 Å². The highest BCUT2D eigenvalue weighted by molar-refractivity contribution is 5.91. The van der Waals surface area contributed by atoms with Crippen LogP contribution in [0.5, 0.6) is 0 Å². The standard InChI is InChI=1S/C18H21N3O3/c1-13-11-14(2)21(19-13)16-7-5-15(6-8-16)18(23)24-12-17(22)20-9-3-4-10-20/h5-8,11H,3-4,9-10,12H2,1-2H3. The van der Waals surface area contributed by atoms with Crippen molar-refractivity contribution in [1.29, 1.82) is 0 Å². The molecule has 1 aromatic carbocycles. The lowest BCUT2D eigenvalue weighted by Crippen LogP contribution is -2.32. The number of ether oxygens (including phenoxy) is 1. The molecule has 2 heterocycles. The summed E-state index contributed by atoms with van der Waals surface area (Å²) in [5.41, 5.74) is 3.27. The number of esters is 1. The van der Waals surface area contributed by atoms with E-state index in [0.29, 0.717) is 5.56 Å². The minimum absolute atomic E-state index is 0.125. The van der Waals surface area contributed by atoms with E-state index < -0.39 is 5.97 Å². The SMILES string of the molecule is Cc1cc(C)n(-c2ccc(C(=O)OCC(=O)N3CCCC3)cc2)n1. The molecule has 3 rings (SSSR count). The van der Waals surface area contributed by atoms with E-state index in [2.05, 4.69) is 5.10 Å². The maximum absolute atomic E-state index is 12.1. The fourth-order valence-electron chi connectivity index (χ4n) is 2.90. The predicted octanol–water partition coefficient (Wildman–Crippen LogP) is 2.27. The summed E-state index contributed by atoms with van der Waals surface area (Å²) in [6.45, 7) is 5.23. The van der Waals surface area contributed by atoms with Crippen molar-refractivity contribution in [3.05, 3.63) is 47.3 Å². The third-order valence-corrected chi connectivity index (χ3v) is 4.14. The first-order valence-corrected chi connectivity index (χ1v) is 8.13. The van der Waals surface area contributed by atoms with Gasteiger partial charge in [0.2, 0.25) is 0 Å². The molecule has 0 atom stereocenters. The molecule has 24 heavy (non-hydrogen) atoms. The van der Waals surface area contributed by atoms with Crippen molar-refractivity contribution in [3.63, 3.8) is 0 Å². The maximum atomic E-state index is 12.1. The number of carbonyl (C=O) groups excluding carboxylic acids is 2. The van der Waals surface area contributed by atoms with Gasteiger partial charge in [-0.15, -0.1) is 0 Å². The Morgan fingerprint density at radius 2 is 1.79 bits per heavy atom. The molecule has 1 aliphatic heterocycles. The van der Waals surface area contributed by atoms with Crippen LogP contribution in [-0.4, -0.2) is 46.3 Å². The first-order valence-electron chi connectivity index (χ1n) is 8.13. The van der Waals surface area contributed by atoms with Gasteiger partial charge in [-0.05, 0) is 57.0 Å². The van der Waals surface area contributed by atoms with E-state index in [1.165, 1.54) is 0 Å². The lowest BCUT2D eigenvalue weighted by molar-refractivity contribution is -0.133. The second-order valence-electron chi connectivity index (χ2n) is 6.05. The van der Waals surface area contributed by atoms with Crippen LogP contribution >= 0.6 is 0 Å². The third kappa shape index (κ3) is 3.48. The summed E-state index contributed by atoms with van der Waals surface area (Å²) >= 11 is 0. The Kier molecular flexibility index (Phi) is 4.64. The van der Waals surface area contributed by atoms with Crippen LogP contribution in [0.25, 0.3) is 5.69 Å². The van der Waals surface area contributed by atoms with Gasteiger partial charge in [0.25, 0.3) is 5.91 Å². The lowest BCUT2D eigenvalue weighted by atomic mass is 10.2. The minimum atomic E-state index is -0.484. The highest BCUT2D eigenvalue weighted by Gasteiger charge is 2.19. The summed E-state index contributed by atoms with van der Waals surface area (Å²) in [5.74, 6) is -0.609. The average Bonchev–Trinajstić information content (AvgIpc) is 3.22. The fourth-order valence-corrected chi connectivity index (χ4v) is 2.90. The van der Waals surface area contributed by atoms with Gasteiger partial charge >= 0.3 is 5.97 Å². The van der Waals surface area contributed by atoms with Gasteiger partial charge in [0.1, 0.15) is 0 Å². The van der Waals surface area contributed by atoms with Crippen molar-refractivity contribution >= 4 is 11.9 Å². The van der Waals surface area contributed by atoms with Gasteiger partial charge < -0.3 is 9.64 Å². The highest BCUT2D eigenvalue weighted by Crippen LogP contribution is 2.14. The summed E-state index contributed by atoms with van der Waals surface area (Å²) in [6, 6.07) is 9.01. The molecule has 0 spiro atoms. The molecule has 1 aliphatic rings. The molecule has 6 heteroatoms. The number of aryl methyl sites for hydroxylation is 2. The van der Waals surface area contributed by atoms with Crippen molar-refractivity contribution in [1.82, 2.24) is 14.7 Å². The Morgan fingerprint density at radius 3 is 2.38 bits per heavy atom. The third-order valence-electron chi connectivity index (χ3n) is 4.14. The molecular weight excluding hydrogens is 306 g/mol. The molecule has 0 bridgehead atoms. The minimum Gasteiger partial charge on any atom is -0.452 e. The summed E-state index contributed by atoms with van der Waals surface area (Å²) in [6.07, 6.45) is 2.04. The smallest absolute Gasteiger partial charge is 0.338 e. The zero-order valence-electron chi connectivity index (χ0n) is 14.0. The zero-order chi connectivity index (χ0) is 17.1. The van der Waals surface area contributed by atoms with Gasteiger partial charge in [0, 0.05) is 18.8 Å². The van der Waals surface area contributed by atoms with Gasteiger partial charge in [-0.25, -0.2) is 9.48 Å². The van der Waals surface area contributed by atoms with Crippen molar-refractivity contribution in [2.24, 2.45) is 0 Å². The number of benzene rings is 1. The van der Waals surface area contributed by atoms with Crippen LogP contribution in [0.1, 0.15) is 34.6 Å². The molecule has 0 radical (unpaired) electrons. The summed E-state index contributed by atoms with van der Waals surface area (Å²) in [4.78, 5) is 25.7. The normalized spacial score (nSPS) is 14.0. The quantitative estimate of drug-likeness (QED) is 0.808. The van der Waals surface area contributed by atoms with Crippen molar-refractivity contribution in [2.45, 2.75) is 26.7 Å². The molecule has 1 fully saturated rings. The Labute approximate surface area is 141 Å². The molecular formula is C18H21N3O3. The molecule has 0 N–H and O–H groups in total. The highest BCUT2D eigenvalue weighted by atomic mass is 16.5. The van der Waals surface area contributed by atoms with Gasteiger partial charge in [-0.2, -0.15) is 5.10 Å². The first-order chi connectivity index (χ1) is 11.5. The van der Waals surface area contributed by atoms with Crippen LogP contribution in [0.2, 0.25) is 0 Å². The molecule has 2 aromatic rings. The zero-order valence-corrected chi connectivity index (χ0v) is 14.0. The van der Waals surface area contributed by atoms with Gasteiger partial charge in [0.15, 0.2) is 6.61 Å². The van der Waals surface area contributed by atoms with E-state index in [9.17, 15) is 9.59 Å². The fraction of sp³-hybridized carbons (Fsp3) is 0.389. The molecule has 0 unspecified atom stereocenters. The van der Waals surface area contributed by atoms with Crippen molar-refractivity contribution in [3.8, 4) is 5.69 Å². The van der Waals surface area contributed by atoms with E-state index >= 15 is 0 Å². The summed E-state index contributed by atoms with van der Waals surface area (Å²) < 4.78 is 6.94. The van der Waals surface area contributed by atoms with Crippen molar-refractivity contribution < 1.29 is 14.3 Å². The van der Waals surface area contributed by atoms with E-state index in [1.807, 2.05) is 36.7 Å². The van der Waals surface area contributed by atoms with E-state index in [1.54, 1.807) is 17.0 Å². The predicted molar refractivity (Wildman–Crippen MR) is 89.1 cm³/mol. The number of hydrogen-bond donors (Lipinski definition) is 0. The number of rotatable bonds is 4. The average molecular weight is 327 g/mol. The Hall–Kier alpha value is -2.63. The van der Waals surface area contributed by atoms with Gasteiger partial charge in [-0.1, -0.05) is 0 Å². The molecule has 1 saturated heterocycles. The van der Waals surface area contributed by atoms with E-state index in [0.717, 1.165) is 43.0 Å². The second-order valence-corrected chi connectivity index (χ2v) is 6.05. The van der Waals surface area contributed by atoms with Gasteiger partial charge in [-0.3, -0.25) is 4.79 Å². The number of nitrogens with zero attached hydrogens (tertiary/aromatic N) is 3. The molecule has 0 saturated carbocycles. The van der Waals surface area contributed by atoms with E-state index in [4.69, 9.17) is 4.74 Å². The van der Waals surface area contributed by atoms with Crippen LogP contribution in [0, 0.1) is 13.8 Å². The van der Waals surface area contributed by atoms with Crippen LogP contribution in [0.3, 0.4) is 0 Å². The molecule has 126 valence electrons. The molecule has 1 aromatic heterocycles. The topological polar surface area (TPSA) is 64.4 Å². The first kappa shape index (κ1) is 16.2. The second kappa shape index (κ2) is 6.86.